The fraction of sp³-hybridized carbons (Fsp3) is 0.348. The van der Waals surface area contributed by atoms with Crippen LogP contribution in [-0.2, 0) is 17.8 Å². The van der Waals surface area contributed by atoms with Crippen LogP contribution in [0.25, 0.3) is 5.65 Å². The highest BCUT2D eigenvalue weighted by Gasteiger charge is 2.21. The lowest BCUT2D eigenvalue weighted by Gasteiger charge is -2.16. The Kier molecular flexibility index (Phi) is 5.97. The van der Waals surface area contributed by atoms with Gasteiger partial charge in [0, 0.05) is 57.6 Å². The molecule has 0 bridgehead atoms. The lowest BCUT2D eigenvalue weighted by Crippen LogP contribution is -2.37. The third kappa shape index (κ3) is 4.45. The quantitative estimate of drug-likeness (QED) is 0.489. The van der Waals surface area contributed by atoms with E-state index in [0.29, 0.717) is 13.0 Å². The van der Waals surface area contributed by atoms with Gasteiger partial charge in [0.2, 0.25) is 5.91 Å². The zero-order valence-electron chi connectivity index (χ0n) is 17.6. The summed E-state index contributed by atoms with van der Waals surface area (Å²) in [6.45, 7) is 4.31. The Hall–Kier alpha value is -3.35. The van der Waals surface area contributed by atoms with E-state index in [2.05, 4.69) is 51.3 Å². The number of fused-ring (bicyclic) bond motifs is 1. The third-order valence-electron chi connectivity index (χ3n) is 5.41. The number of hydrogen-bond acceptors (Lipinski definition) is 3. The van der Waals surface area contributed by atoms with Crippen LogP contribution in [0, 0.1) is 6.92 Å². The summed E-state index contributed by atoms with van der Waals surface area (Å²) in [4.78, 5) is 22.7. The second kappa shape index (κ2) is 8.98. The molecule has 2 aromatic heterocycles. The van der Waals surface area contributed by atoms with Gasteiger partial charge in [-0.05, 0) is 42.7 Å². The number of nitrogens with zero attached hydrogens (tertiary/aromatic N) is 4. The number of aromatic nitrogens is 2. The van der Waals surface area contributed by atoms with Crippen LogP contribution in [-0.4, -0.2) is 41.4 Å². The number of imidazole rings is 1. The van der Waals surface area contributed by atoms with Crippen molar-refractivity contribution in [2.45, 2.75) is 32.7 Å². The summed E-state index contributed by atoms with van der Waals surface area (Å²) in [6.07, 6.45) is 6.52. The monoisotopic (exact) mass is 404 g/mol. The molecule has 1 amide bonds. The van der Waals surface area contributed by atoms with E-state index in [9.17, 15) is 4.79 Å². The van der Waals surface area contributed by atoms with Crippen molar-refractivity contribution in [3.63, 3.8) is 0 Å². The number of carbonyl (C=O) groups excluding carboxylic acids is 1. The molecule has 4 rings (SSSR count). The number of anilines is 1. The summed E-state index contributed by atoms with van der Waals surface area (Å²) in [5.41, 5.74) is 5.36. The van der Waals surface area contributed by atoms with E-state index in [-0.39, 0.29) is 5.91 Å². The van der Waals surface area contributed by atoms with Crippen LogP contribution in [0.5, 0.6) is 0 Å². The lowest BCUT2D eigenvalue weighted by atomic mass is 10.2. The first kappa shape index (κ1) is 19.9. The van der Waals surface area contributed by atoms with E-state index < -0.39 is 0 Å². The molecule has 1 aliphatic heterocycles. The third-order valence-corrected chi connectivity index (χ3v) is 5.41. The molecule has 0 atom stereocenters. The molecule has 1 saturated heterocycles. The number of guanidine groups is 1. The Balaban J connectivity index is 1.26. The molecule has 7 heteroatoms. The highest BCUT2D eigenvalue weighted by Crippen LogP contribution is 2.21. The van der Waals surface area contributed by atoms with Crippen molar-refractivity contribution in [3.05, 3.63) is 65.6 Å². The Labute approximate surface area is 176 Å². The molecule has 0 saturated carbocycles. The summed E-state index contributed by atoms with van der Waals surface area (Å²) in [5, 5.41) is 6.68. The van der Waals surface area contributed by atoms with Gasteiger partial charge in [-0.25, -0.2) is 4.98 Å². The Morgan fingerprint density at radius 3 is 2.73 bits per heavy atom. The molecular formula is C23H28N6O. The first-order chi connectivity index (χ1) is 14.6. The fourth-order valence-electron chi connectivity index (χ4n) is 3.76. The maximum Gasteiger partial charge on any atom is 0.227 e. The van der Waals surface area contributed by atoms with Gasteiger partial charge in [-0.3, -0.25) is 9.79 Å². The first-order valence-corrected chi connectivity index (χ1v) is 10.4. The smallest absolute Gasteiger partial charge is 0.227 e. The number of nitrogens with one attached hydrogen (secondary N) is 2. The molecule has 1 aromatic carbocycles. The predicted molar refractivity (Wildman–Crippen MR) is 120 cm³/mol. The zero-order chi connectivity index (χ0) is 20.9. The molecule has 3 heterocycles. The average Bonchev–Trinajstić information content (AvgIpc) is 3.37. The molecule has 3 aromatic rings. The van der Waals surface area contributed by atoms with Gasteiger partial charge in [-0.1, -0.05) is 18.2 Å². The van der Waals surface area contributed by atoms with Crippen molar-refractivity contribution in [3.8, 4) is 0 Å². The molecule has 0 radical (unpaired) electrons. The topological polar surface area (TPSA) is 74.0 Å². The minimum absolute atomic E-state index is 0.214. The van der Waals surface area contributed by atoms with E-state index in [1.807, 2.05) is 29.3 Å². The van der Waals surface area contributed by atoms with Crippen LogP contribution in [0.1, 0.15) is 29.7 Å². The number of pyridine rings is 1. The summed E-state index contributed by atoms with van der Waals surface area (Å²) in [7, 11) is 1.77. The fourth-order valence-corrected chi connectivity index (χ4v) is 3.76. The molecule has 7 nitrogen and oxygen atoms in total. The van der Waals surface area contributed by atoms with Crippen LogP contribution >= 0.6 is 0 Å². The van der Waals surface area contributed by atoms with Gasteiger partial charge >= 0.3 is 0 Å². The molecule has 30 heavy (non-hydrogen) atoms. The minimum atomic E-state index is 0.214. The molecule has 0 spiro atoms. The number of benzene rings is 1. The van der Waals surface area contributed by atoms with Gasteiger partial charge in [-0.2, -0.15) is 0 Å². The molecule has 1 aliphatic rings. The van der Waals surface area contributed by atoms with Crippen molar-refractivity contribution in [2.75, 3.05) is 25.0 Å². The van der Waals surface area contributed by atoms with Gasteiger partial charge in [0.1, 0.15) is 5.65 Å². The van der Waals surface area contributed by atoms with E-state index in [1.54, 1.807) is 7.05 Å². The number of aryl methyl sites for hydroxylation is 1. The number of aliphatic imine (C=N–C) groups is 1. The zero-order valence-corrected chi connectivity index (χ0v) is 17.6. The Morgan fingerprint density at radius 1 is 1.20 bits per heavy atom. The molecule has 0 unspecified atom stereocenters. The Bertz CT molecular complexity index is 1050. The minimum Gasteiger partial charge on any atom is -0.356 e. The van der Waals surface area contributed by atoms with Gasteiger partial charge in [-0.15, -0.1) is 0 Å². The van der Waals surface area contributed by atoms with E-state index >= 15 is 0 Å². The van der Waals surface area contributed by atoms with Crippen molar-refractivity contribution in [1.29, 1.82) is 0 Å². The van der Waals surface area contributed by atoms with E-state index in [0.717, 1.165) is 54.5 Å². The van der Waals surface area contributed by atoms with Crippen LogP contribution in [0.3, 0.4) is 0 Å². The highest BCUT2D eigenvalue weighted by atomic mass is 16.2. The number of hydrogen-bond donors (Lipinski definition) is 2. The maximum atomic E-state index is 11.9. The van der Waals surface area contributed by atoms with Crippen molar-refractivity contribution in [1.82, 2.24) is 20.0 Å². The average molecular weight is 405 g/mol. The number of rotatable bonds is 6. The number of carbonyl (C=O) groups is 1. The summed E-state index contributed by atoms with van der Waals surface area (Å²) >= 11 is 0. The predicted octanol–water partition coefficient (Wildman–Crippen LogP) is 2.68. The highest BCUT2D eigenvalue weighted by molar-refractivity contribution is 5.95. The van der Waals surface area contributed by atoms with Crippen LogP contribution in [0.15, 0.2) is 53.8 Å². The SMILES string of the molecule is CN=C(NCCc1cn2cccc(C)c2n1)NCc1ccc(N2CCCC2=O)cc1. The van der Waals surface area contributed by atoms with E-state index in [1.165, 1.54) is 5.56 Å². The molecule has 1 fully saturated rings. The summed E-state index contributed by atoms with van der Waals surface area (Å²) in [5.74, 6) is 0.972. The van der Waals surface area contributed by atoms with Crippen LogP contribution < -0.4 is 15.5 Å². The van der Waals surface area contributed by atoms with Gasteiger partial charge in [0.05, 0.1) is 5.69 Å². The van der Waals surface area contributed by atoms with E-state index in [4.69, 9.17) is 4.98 Å². The first-order valence-electron chi connectivity index (χ1n) is 10.4. The number of amides is 1. The maximum absolute atomic E-state index is 11.9. The second-order valence-corrected chi connectivity index (χ2v) is 7.57. The largest absolute Gasteiger partial charge is 0.356 e. The summed E-state index contributed by atoms with van der Waals surface area (Å²) in [6, 6.07) is 12.3. The van der Waals surface area contributed by atoms with Gasteiger partial charge in [0.15, 0.2) is 5.96 Å². The van der Waals surface area contributed by atoms with Crippen molar-refractivity contribution < 1.29 is 4.79 Å². The standard InChI is InChI=1S/C23H28N6O/c1-17-5-3-13-28-16-19(27-22(17)28)11-12-25-23(24-2)26-15-18-7-9-20(10-8-18)29-14-4-6-21(29)30/h3,5,7-10,13,16H,4,6,11-12,14-15H2,1-2H3,(H2,24,25,26). The second-order valence-electron chi connectivity index (χ2n) is 7.57. The lowest BCUT2D eigenvalue weighted by molar-refractivity contribution is -0.117. The van der Waals surface area contributed by atoms with Crippen molar-refractivity contribution in [2.24, 2.45) is 4.99 Å². The summed E-state index contributed by atoms with van der Waals surface area (Å²) < 4.78 is 2.07. The normalized spacial score (nSPS) is 14.5. The van der Waals surface area contributed by atoms with Crippen LogP contribution in [0.4, 0.5) is 5.69 Å². The molecule has 0 aliphatic carbocycles. The van der Waals surface area contributed by atoms with Gasteiger partial charge < -0.3 is 19.9 Å². The van der Waals surface area contributed by atoms with Crippen molar-refractivity contribution >= 4 is 23.2 Å². The molecule has 156 valence electrons. The van der Waals surface area contributed by atoms with Gasteiger partial charge in [0.25, 0.3) is 0 Å². The molecular weight excluding hydrogens is 376 g/mol. The Morgan fingerprint density at radius 2 is 2.03 bits per heavy atom. The van der Waals surface area contributed by atoms with Crippen LogP contribution in [0.2, 0.25) is 0 Å². The molecule has 2 N–H and O–H groups in total.